The molecule has 1 aliphatic rings. The molecule has 0 spiro atoms. The van der Waals surface area contributed by atoms with Crippen LogP contribution < -0.4 is 4.74 Å². The van der Waals surface area contributed by atoms with Crippen molar-refractivity contribution >= 4 is 11.9 Å². The standard InChI is InChI=1S/C29H35N3O5/c1-4-36-29(34)24-13-9-15-31(18-24)28(33)26-20-37-27(30-26)19-32(21(2)23-11-6-5-7-12-23)17-22-10-8-14-25(16-22)35-3/h5-8,10-12,14,16,20-21,24H,4,9,13,15,17-19H2,1-3H3/t21-,24+/m1/s1. The summed E-state index contributed by atoms with van der Waals surface area (Å²) in [5.41, 5.74) is 2.53. The van der Waals surface area contributed by atoms with E-state index >= 15 is 0 Å². The molecule has 3 aromatic rings. The van der Waals surface area contributed by atoms with Crippen molar-refractivity contribution in [2.75, 3.05) is 26.8 Å². The van der Waals surface area contributed by atoms with Gasteiger partial charge in [-0.3, -0.25) is 14.5 Å². The Balaban J connectivity index is 1.49. The van der Waals surface area contributed by atoms with Crippen LogP contribution in [-0.4, -0.2) is 53.5 Å². The maximum absolute atomic E-state index is 13.2. The number of ether oxygens (including phenoxy) is 2. The topological polar surface area (TPSA) is 85.1 Å². The minimum Gasteiger partial charge on any atom is -0.497 e. The lowest BCUT2D eigenvalue weighted by atomic mass is 9.98. The maximum atomic E-state index is 13.2. The summed E-state index contributed by atoms with van der Waals surface area (Å²) >= 11 is 0. The number of oxazole rings is 1. The molecule has 0 saturated carbocycles. The summed E-state index contributed by atoms with van der Waals surface area (Å²) in [5.74, 6) is 0.502. The summed E-state index contributed by atoms with van der Waals surface area (Å²) < 4.78 is 16.3. The van der Waals surface area contributed by atoms with E-state index in [2.05, 4.69) is 35.0 Å². The number of amides is 1. The highest BCUT2D eigenvalue weighted by atomic mass is 16.5. The van der Waals surface area contributed by atoms with Crippen molar-refractivity contribution in [3.63, 3.8) is 0 Å². The molecule has 0 bridgehead atoms. The van der Waals surface area contributed by atoms with Crippen molar-refractivity contribution in [3.8, 4) is 5.75 Å². The molecule has 0 unspecified atom stereocenters. The second-order valence-corrected chi connectivity index (χ2v) is 9.31. The van der Waals surface area contributed by atoms with Gasteiger partial charge in [-0.1, -0.05) is 42.5 Å². The van der Waals surface area contributed by atoms with Crippen LogP contribution in [0.5, 0.6) is 5.75 Å². The second-order valence-electron chi connectivity index (χ2n) is 9.31. The molecule has 0 aliphatic carbocycles. The van der Waals surface area contributed by atoms with Crippen LogP contribution in [0.25, 0.3) is 0 Å². The van der Waals surface area contributed by atoms with Gasteiger partial charge in [0.2, 0.25) is 5.89 Å². The fraction of sp³-hybridized carbons (Fsp3) is 0.414. The Hall–Kier alpha value is -3.65. The van der Waals surface area contributed by atoms with Gasteiger partial charge in [0.05, 0.1) is 26.2 Å². The molecule has 2 atom stereocenters. The average Bonchev–Trinajstić information content (AvgIpc) is 3.41. The molecule has 4 rings (SSSR count). The highest BCUT2D eigenvalue weighted by Crippen LogP contribution is 2.26. The number of carbonyl (C=O) groups excluding carboxylic acids is 2. The number of benzene rings is 2. The quantitative estimate of drug-likeness (QED) is 0.364. The zero-order valence-electron chi connectivity index (χ0n) is 21.8. The first-order valence-corrected chi connectivity index (χ1v) is 12.8. The number of methoxy groups -OCH3 is 1. The molecule has 8 heteroatoms. The van der Waals surface area contributed by atoms with Crippen LogP contribution in [-0.2, 0) is 22.6 Å². The third-order valence-corrected chi connectivity index (χ3v) is 6.79. The number of hydrogen-bond donors (Lipinski definition) is 0. The van der Waals surface area contributed by atoms with Gasteiger partial charge < -0.3 is 18.8 Å². The third-order valence-electron chi connectivity index (χ3n) is 6.79. The van der Waals surface area contributed by atoms with Gasteiger partial charge in [-0.2, -0.15) is 0 Å². The van der Waals surface area contributed by atoms with Gasteiger partial charge in [-0.05, 0) is 49.9 Å². The minimum atomic E-state index is -0.297. The number of esters is 1. The molecule has 1 saturated heterocycles. The Morgan fingerprint density at radius 1 is 1.16 bits per heavy atom. The van der Waals surface area contributed by atoms with Gasteiger partial charge in [0.25, 0.3) is 5.91 Å². The number of hydrogen-bond acceptors (Lipinski definition) is 7. The molecule has 0 N–H and O–H groups in total. The lowest BCUT2D eigenvalue weighted by Gasteiger charge is -2.31. The zero-order chi connectivity index (χ0) is 26.2. The Labute approximate surface area is 218 Å². The Bertz CT molecular complexity index is 1180. The molecule has 37 heavy (non-hydrogen) atoms. The van der Waals surface area contributed by atoms with Crippen LogP contribution in [0.4, 0.5) is 0 Å². The Morgan fingerprint density at radius 2 is 1.97 bits per heavy atom. The summed E-state index contributed by atoms with van der Waals surface area (Å²) in [5, 5.41) is 0. The van der Waals surface area contributed by atoms with E-state index in [0.717, 1.165) is 24.2 Å². The minimum absolute atomic E-state index is 0.0749. The maximum Gasteiger partial charge on any atom is 0.310 e. The predicted molar refractivity (Wildman–Crippen MR) is 139 cm³/mol. The Kier molecular flexibility index (Phi) is 8.95. The monoisotopic (exact) mass is 505 g/mol. The smallest absolute Gasteiger partial charge is 0.310 e. The zero-order valence-corrected chi connectivity index (χ0v) is 21.8. The van der Waals surface area contributed by atoms with Gasteiger partial charge in [0.1, 0.15) is 12.0 Å². The Morgan fingerprint density at radius 3 is 2.73 bits per heavy atom. The van der Waals surface area contributed by atoms with Crippen molar-refractivity contribution in [2.24, 2.45) is 5.92 Å². The molecule has 1 amide bonds. The fourth-order valence-corrected chi connectivity index (χ4v) is 4.71. The SMILES string of the molecule is CCOC(=O)[C@H]1CCCN(C(=O)c2coc(CN(Cc3cccc(OC)c3)[C@H](C)c3ccccc3)n2)C1. The lowest BCUT2D eigenvalue weighted by molar-refractivity contribution is -0.149. The van der Waals surface area contributed by atoms with Crippen molar-refractivity contribution in [1.29, 1.82) is 0 Å². The number of rotatable bonds is 10. The van der Waals surface area contributed by atoms with Crippen LogP contribution >= 0.6 is 0 Å². The van der Waals surface area contributed by atoms with E-state index in [-0.39, 0.29) is 29.5 Å². The highest BCUT2D eigenvalue weighted by molar-refractivity contribution is 5.92. The normalized spacial score (nSPS) is 16.4. The van der Waals surface area contributed by atoms with E-state index in [0.29, 0.717) is 38.7 Å². The number of piperidine rings is 1. The largest absolute Gasteiger partial charge is 0.497 e. The first-order chi connectivity index (χ1) is 18.0. The van der Waals surface area contributed by atoms with E-state index < -0.39 is 0 Å². The van der Waals surface area contributed by atoms with Crippen LogP contribution in [0.3, 0.4) is 0 Å². The molecule has 1 aliphatic heterocycles. The van der Waals surface area contributed by atoms with E-state index in [9.17, 15) is 9.59 Å². The number of likely N-dealkylation sites (tertiary alicyclic amines) is 1. The lowest BCUT2D eigenvalue weighted by Crippen LogP contribution is -2.43. The fourth-order valence-electron chi connectivity index (χ4n) is 4.71. The second kappa shape index (κ2) is 12.5. The van der Waals surface area contributed by atoms with E-state index in [1.807, 2.05) is 36.4 Å². The third kappa shape index (κ3) is 6.77. The van der Waals surface area contributed by atoms with E-state index in [1.54, 1.807) is 18.9 Å². The highest BCUT2D eigenvalue weighted by Gasteiger charge is 2.31. The number of carbonyl (C=O) groups is 2. The molecule has 1 aromatic heterocycles. The predicted octanol–water partition coefficient (Wildman–Crippen LogP) is 4.86. The summed E-state index contributed by atoms with van der Waals surface area (Å²) in [6.07, 6.45) is 2.90. The molecular formula is C29H35N3O5. The van der Waals surface area contributed by atoms with Gasteiger partial charge in [0.15, 0.2) is 5.69 Å². The number of aromatic nitrogens is 1. The average molecular weight is 506 g/mol. The summed E-state index contributed by atoms with van der Waals surface area (Å²) in [4.78, 5) is 33.8. The van der Waals surface area contributed by atoms with Crippen LogP contribution in [0.1, 0.15) is 60.2 Å². The van der Waals surface area contributed by atoms with Gasteiger partial charge >= 0.3 is 5.97 Å². The molecule has 2 aromatic carbocycles. The van der Waals surface area contributed by atoms with Crippen LogP contribution in [0.15, 0.2) is 65.3 Å². The molecule has 0 radical (unpaired) electrons. The van der Waals surface area contributed by atoms with Crippen molar-refractivity contribution in [1.82, 2.24) is 14.8 Å². The van der Waals surface area contributed by atoms with Gasteiger partial charge in [-0.15, -0.1) is 0 Å². The summed E-state index contributed by atoms with van der Waals surface area (Å²) in [7, 11) is 1.66. The molecule has 1 fully saturated rings. The van der Waals surface area contributed by atoms with E-state index in [4.69, 9.17) is 13.9 Å². The summed E-state index contributed by atoms with van der Waals surface area (Å²) in [6.45, 7) is 6.27. The van der Waals surface area contributed by atoms with Crippen molar-refractivity contribution in [3.05, 3.63) is 83.6 Å². The first-order valence-electron chi connectivity index (χ1n) is 12.8. The van der Waals surface area contributed by atoms with Crippen molar-refractivity contribution < 1.29 is 23.5 Å². The number of nitrogens with zero attached hydrogens (tertiary/aromatic N) is 3. The van der Waals surface area contributed by atoms with Crippen molar-refractivity contribution in [2.45, 2.75) is 45.8 Å². The van der Waals surface area contributed by atoms with Crippen LogP contribution in [0.2, 0.25) is 0 Å². The first kappa shape index (κ1) is 26.4. The van der Waals surface area contributed by atoms with Gasteiger partial charge in [-0.25, -0.2) is 4.98 Å². The van der Waals surface area contributed by atoms with E-state index in [1.165, 1.54) is 11.8 Å². The molecule has 8 nitrogen and oxygen atoms in total. The van der Waals surface area contributed by atoms with Gasteiger partial charge in [0, 0.05) is 25.7 Å². The van der Waals surface area contributed by atoms with Crippen LogP contribution in [0, 0.1) is 5.92 Å². The molecule has 196 valence electrons. The summed E-state index contributed by atoms with van der Waals surface area (Å²) in [6, 6.07) is 18.3. The molecular weight excluding hydrogens is 470 g/mol. The molecule has 2 heterocycles.